The van der Waals surface area contributed by atoms with E-state index in [1.807, 2.05) is 36.5 Å². The first kappa shape index (κ1) is 12.3. The van der Waals surface area contributed by atoms with Crippen molar-refractivity contribution in [3.8, 4) is 6.07 Å². The number of nitriles is 1. The Labute approximate surface area is 107 Å². The van der Waals surface area contributed by atoms with Gasteiger partial charge in [-0.25, -0.2) is 0 Å². The Kier molecular flexibility index (Phi) is 4.06. The van der Waals surface area contributed by atoms with Gasteiger partial charge in [-0.15, -0.1) is 0 Å². The van der Waals surface area contributed by atoms with Gasteiger partial charge in [-0.05, 0) is 36.4 Å². The van der Waals surface area contributed by atoms with Gasteiger partial charge in [0.2, 0.25) is 0 Å². The molecule has 0 radical (unpaired) electrons. The molecule has 1 heterocycles. The topological polar surface area (TPSA) is 39.9 Å². The highest BCUT2D eigenvalue weighted by molar-refractivity contribution is 5.32. The zero-order valence-electron chi connectivity index (χ0n) is 10.4. The van der Waals surface area contributed by atoms with Crippen molar-refractivity contribution in [2.24, 2.45) is 0 Å². The lowest BCUT2D eigenvalue weighted by molar-refractivity contribution is 0.318. The zero-order valence-corrected chi connectivity index (χ0v) is 10.4. The second-order valence-corrected chi connectivity index (χ2v) is 4.35. The third-order valence-electron chi connectivity index (χ3n) is 2.68. The monoisotopic (exact) mass is 237 g/mol. The molecule has 1 aromatic carbocycles. The van der Waals surface area contributed by atoms with E-state index in [4.69, 9.17) is 5.26 Å². The fraction of sp³-hybridized carbons (Fsp3) is 0.200. The van der Waals surface area contributed by atoms with Crippen molar-refractivity contribution < 1.29 is 0 Å². The van der Waals surface area contributed by atoms with E-state index in [1.165, 1.54) is 5.56 Å². The Balaban J connectivity index is 1.99. The molecule has 0 saturated heterocycles. The molecule has 0 bridgehead atoms. The summed E-state index contributed by atoms with van der Waals surface area (Å²) >= 11 is 0. The zero-order chi connectivity index (χ0) is 12.8. The average Bonchev–Trinajstić information content (AvgIpc) is 2.40. The van der Waals surface area contributed by atoms with Crippen LogP contribution in [0.1, 0.15) is 16.7 Å². The minimum atomic E-state index is 0.710. The first-order valence-corrected chi connectivity index (χ1v) is 5.84. The van der Waals surface area contributed by atoms with Crippen molar-refractivity contribution >= 4 is 0 Å². The summed E-state index contributed by atoms with van der Waals surface area (Å²) < 4.78 is 0. The summed E-state index contributed by atoms with van der Waals surface area (Å²) in [6.45, 7) is 1.68. The minimum absolute atomic E-state index is 0.710. The van der Waals surface area contributed by atoms with E-state index in [1.54, 1.807) is 6.20 Å². The summed E-state index contributed by atoms with van der Waals surface area (Å²) in [5.41, 5.74) is 3.05. The van der Waals surface area contributed by atoms with E-state index in [9.17, 15) is 0 Å². The fourth-order valence-corrected chi connectivity index (χ4v) is 1.91. The third-order valence-corrected chi connectivity index (χ3v) is 2.68. The Morgan fingerprint density at radius 3 is 2.67 bits per heavy atom. The van der Waals surface area contributed by atoms with Crippen LogP contribution in [0.4, 0.5) is 0 Å². The molecule has 0 aliphatic rings. The van der Waals surface area contributed by atoms with Gasteiger partial charge < -0.3 is 0 Å². The molecule has 0 amide bonds. The highest BCUT2D eigenvalue weighted by Gasteiger charge is 2.02. The van der Waals surface area contributed by atoms with E-state index >= 15 is 0 Å². The highest BCUT2D eigenvalue weighted by Crippen LogP contribution is 2.09. The number of pyridine rings is 1. The quantitative estimate of drug-likeness (QED) is 0.820. The smallest absolute Gasteiger partial charge is 0.0991 e. The molecule has 3 nitrogen and oxygen atoms in total. The summed E-state index contributed by atoms with van der Waals surface area (Å²) in [7, 11) is 2.06. The largest absolute Gasteiger partial charge is 0.298 e. The lowest BCUT2D eigenvalue weighted by atomic mass is 10.1. The molecular weight excluding hydrogens is 222 g/mol. The molecule has 18 heavy (non-hydrogen) atoms. The summed E-state index contributed by atoms with van der Waals surface area (Å²) in [5, 5.41) is 8.86. The summed E-state index contributed by atoms with van der Waals surface area (Å²) in [6.07, 6.45) is 3.65. The van der Waals surface area contributed by atoms with Crippen molar-refractivity contribution in [2.75, 3.05) is 7.05 Å². The Hall–Kier alpha value is -2.18. The first-order valence-electron chi connectivity index (χ1n) is 5.84. The van der Waals surface area contributed by atoms with Gasteiger partial charge in [0.05, 0.1) is 11.6 Å². The molecule has 0 fully saturated rings. The molecule has 1 aromatic heterocycles. The number of nitrogens with zero attached hydrogens (tertiary/aromatic N) is 3. The number of benzene rings is 1. The molecule has 2 rings (SSSR count). The predicted octanol–water partition coefficient (Wildman–Crippen LogP) is 2.59. The molecule has 0 unspecified atom stereocenters. The van der Waals surface area contributed by atoms with Gasteiger partial charge in [-0.3, -0.25) is 9.88 Å². The molecule has 0 spiro atoms. The third kappa shape index (κ3) is 3.41. The Bertz CT molecular complexity index is 543. The van der Waals surface area contributed by atoms with Crippen LogP contribution in [0.5, 0.6) is 0 Å². The van der Waals surface area contributed by atoms with Crippen molar-refractivity contribution in [3.63, 3.8) is 0 Å². The standard InChI is InChI=1S/C15H15N3/c1-18(12-15-6-3-7-17-10-15)11-14-5-2-4-13(8-14)9-16/h2-8,10H,11-12H2,1H3. The highest BCUT2D eigenvalue weighted by atomic mass is 15.1. The van der Waals surface area contributed by atoms with Crippen LogP contribution in [-0.2, 0) is 13.1 Å². The lowest BCUT2D eigenvalue weighted by Gasteiger charge is -2.16. The van der Waals surface area contributed by atoms with Crippen molar-refractivity contribution in [1.29, 1.82) is 5.26 Å². The molecule has 0 N–H and O–H groups in total. The van der Waals surface area contributed by atoms with Crippen molar-refractivity contribution in [2.45, 2.75) is 13.1 Å². The molecule has 0 atom stereocenters. The second-order valence-electron chi connectivity index (χ2n) is 4.35. The van der Waals surface area contributed by atoms with Crippen LogP contribution >= 0.6 is 0 Å². The predicted molar refractivity (Wildman–Crippen MR) is 70.6 cm³/mol. The van der Waals surface area contributed by atoms with Gasteiger partial charge in [0.15, 0.2) is 0 Å². The van der Waals surface area contributed by atoms with Crippen LogP contribution in [0.2, 0.25) is 0 Å². The maximum atomic E-state index is 8.86. The van der Waals surface area contributed by atoms with Crippen molar-refractivity contribution in [1.82, 2.24) is 9.88 Å². The number of hydrogen-bond acceptors (Lipinski definition) is 3. The number of aromatic nitrogens is 1. The van der Waals surface area contributed by atoms with Gasteiger partial charge in [0.25, 0.3) is 0 Å². The fourth-order valence-electron chi connectivity index (χ4n) is 1.91. The van der Waals surface area contributed by atoms with E-state index in [0.717, 1.165) is 18.7 Å². The molecule has 0 saturated carbocycles. The van der Waals surface area contributed by atoms with Gasteiger partial charge in [0.1, 0.15) is 0 Å². The van der Waals surface area contributed by atoms with Crippen LogP contribution < -0.4 is 0 Å². The number of hydrogen-bond donors (Lipinski definition) is 0. The second kappa shape index (κ2) is 5.95. The van der Waals surface area contributed by atoms with Gasteiger partial charge >= 0.3 is 0 Å². The maximum absolute atomic E-state index is 8.86. The number of rotatable bonds is 4. The van der Waals surface area contributed by atoms with E-state index < -0.39 is 0 Å². The van der Waals surface area contributed by atoms with Crippen LogP contribution in [0, 0.1) is 11.3 Å². The molecule has 0 aliphatic carbocycles. The minimum Gasteiger partial charge on any atom is -0.298 e. The SMILES string of the molecule is CN(Cc1cccnc1)Cc1cccc(C#N)c1. The van der Waals surface area contributed by atoms with Crippen LogP contribution in [0.15, 0.2) is 48.8 Å². The van der Waals surface area contributed by atoms with Crippen LogP contribution in [0.3, 0.4) is 0 Å². The first-order chi connectivity index (χ1) is 8.78. The molecule has 2 aromatic rings. The lowest BCUT2D eigenvalue weighted by Crippen LogP contribution is -2.17. The van der Waals surface area contributed by atoms with Crippen molar-refractivity contribution in [3.05, 3.63) is 65.5 Å². The molecular formula is C15H15N3. The van der Waals surface area contributed by atoms with E-state index in [2.05, 4.69) is 29.1 Å². The van der Waals surface area contributed by atoms with Gasteiger partial charge in [-0.1, -0.05) is 18.2 Å². The molecule has 0 aliphatic heterocycles. The maximum Gasteiger partial charge on any atom is 0.0991 e. The average molecular weight is 237 g/mol. The van der Waals surface area contributed by atoms with Crippen LogP contribution in [0.25, 0.3) is 0 Å². The van der Waals surface area contributed by atoms with Gasteiger partial charge in [-0.2, -0.15) is 5.26 Å². The summed E-state index contributed by atoms with van der Waals surface area (Å²) in [5.74, 6) is 0. The van der Waals surface area contributed by atoms with Gasteiger partial charge in [0, 0.05) is 25.5 Å². The van der Waals surface area contributed by atoms with E-state index in [0.29, 0.717) is 5.56 Å². The summed E-state index contributed by atoms with van der Waals surface area (Å²) in [6, 6.07) is 13.9. The Morgan fingerprint density at radius 1 is 1.17 bits per heavy atom. The molecule has 3 heteroatoms. The van der Waals surface area contributed by atoms with E-state index in [-0.39, 0.29) is 0 Å². The normalized spacial score (nSPS) is 10.3. The van der Waals surface area contributed by atoms with Crippen LogP contribution in [-0.4, -0.2) is 16.9 Å². The Morgan fingerprint density at radius 2 is 1.94 bits per heavy atom. The summed E-state index contributed by atoms with van der Waals surface area (Å²) in [4.78, 5) is 6.30. The molecule has 90 valence electrons.